The highest BCUT2D eigenvalue weighted by Gasteiger charge is 2.27. The predicted octanol–water partition coefficient (Wildman–Crippen LogP) is 2.25. The van der Waals surface area contributed by atoms with E-state index in [1.807, 2.05) is 19.1 Å². The SMILES string of the molecule is COc1cc2c(cc1OC)CN(C(C)C(=O)Nc1sccc1C(N)=O)CC2. The fourth-order valence-electron chi connectivity index (χ4n) is 3.22. The number of thiophene rings is 1. The number of methoxy groups -OCH3 is 2. The zero-order valence-electron chi connectivity index (χ0n) is 15.6. The number of carbonyl (C=O) groups excluding carboxylic acids is 2. The van der Waals surface area contributed by atoms with Gasteiger partial charge in [-0.25, -0.2) is 0 Å². The number of nitrogens with two attached hydrogens (primary N) is 1. The standard InChI is InChI=1S/C19H23N3O4S/c1-11(18(24)21-19-14(17(20)23)5-7-27-19)22-6-4-12-8-15(25-2)16(26-3)9-13(12)10-22/h5,7-9,11H,4,6,10H2,1-3H3,(H2,20,23)(H,21,24). The first-order valence-corrected chi connectivity index (χ1v) is 9.48. The molecule has 2 aromatic rings. The van der Waals surface area contributed by atoms with E-state index in [1.165, 1.54) is 16.9 Å². The second kappa shape index (κ2) is 7.98. The minimum atomic E-state index is -0.549. The lowest BCUT2D eigenvalue weighted by molar-refractivity contribution is -0.121. The van der Waals surface area contributed by atoms with E-state index in [0.29, 0.717) is 28.6 Å². The van der Waals surface area contributed by atoms with E-state index in [-0.39, 0.29) is 11.9 Å². The van der Waals surface area contributed by atoms with Crippen molar-refractivity contribution in [2.75, 3.05) is 26.1 Å². The zero-order valence-corrected chi connectivity index (χ0v) is 16.4. The summed E-state index contributed by atoms with van der Waals surface area (Å²) in [5.41, 5.74) is 7.99. The van der Waals surface area contributed by atoms with Gasteiger partial charge in [-0.3, -0.25) is 14.5 Å². The molecule has 3 N–H and O–H groups in total. The smallest absolute Gasteiger partial charge is 0.251 e. The van der Waals surface area contributed by atoms with Crippen LogP contribution in [0.2, 0.25) is 0 Å². The van der Waals surface area contributed by atoms with Crippen molar-refractivity contribution in [1.82, 2.24) is 4.90 Å². The molecule has 8 heteroatoms. The number of nitrogens with zero attached hydrogens (tertiary/aromatic N) is 1. The topological polar surface area (TPSA) is 93.9 Å². The van der Waals surface area contributed by atoms with Crippen molar-refractivity contribution in [1.29, 1.82) is 0 Å². The molecule has 2 heterocycles. The van der Waals surface area contributed by atoms with Crippen molar-refractivity contribution in [2.45, 2.75) is 25.9 Å². The van der Waals surface area contributed by atoms with Crippen LogP contribution in [-0.2, 0) is 17.8 Å². The molecular weight excluding hydrogens is 366 g/mol. The molecule has 2 amide bonds. The lowest BCUT2D eigenvalue weighted by Gasteiger charge is -2.33. The van der Waals surface area contributed by atoms with Gasteiger partial charge in [-0.05, 0) is 48.1 Å². The van der Waals surface area contributed by atoms with Crippen LogP contribution in [0.3, 0.4) is 0 Å². The van der Waals surface area contributed by atoms with Crippen LogP contribution in [0.5, 0.6) is 11.5 Å². The van der Waals surface area contributed by atoms with Gasteiger partial charge in [-0.1, -0.05) is 0 Å². The number of carbonyl (C=O) groups is 2. The Morgan fingerprint density at radius 3 is 2.52 bits per heavy atom. The fraction of sp³-hybridized carbons (Fsp3) is 0.368. The van der Waals surface area contributed by atoms with Gasteiger partial charge in [0, 0.05) is 13.1 Å². The monoisotopic (exact) mass is 389 g/mol. The first-order chi connectivity index (χ1) is 12.9. The quantitative estimate of drug-likeness (QED) is 0.790. The highest BCUT2D eigenvalue weighted by atomic mass is 32.1. The highest BCUT2D eigenvalue weighted by molar-refractivity contribution is 7.14. The Balaban J connectivity index is 1.73. The Hall–Kier alpha value is -2.58. The van der Waals surface area contributed by atoms with Gasteiger partial charge in [0.05, 0.1) is 25.8 Å². The first-order valence-electron chi connectivity index (χ1n) is 8.60. The first kappa shape index (κ1) is 19.2. The summed E-state index contributed by atoms with van der Waals surface area (Å²) >= 11 is 1.29. The van der Waals surface area contributed by atoms with Gasteiger partial charge in [0.1, 0.15) is 5.00 Å². The second-order valence-corrected chi connectivity index (χ2v) is 7.31. The van der Waals surface area contributed by atoms with Gasteiger partial charge in [0.15, 0.2) is 11.5 Å². The summed E-state index contributed by atoms with van der Waals surface area (Å²) in [5, 5.41) is 5.05. The molecule has 0 spiro atoms. The summed E-state index contributed by atoms with van der Waals surface area (Å²) in [7, 11) is 3.23. The molecule has 0 fully saturated rings. The molecule has 1 atom stereocenters. The van der Waals surface area contributed by atoms with Gasteiger partial charge in [0.2, 0.25) is 5.91 Å². The summed E-state index contributed by atoms with van der Waals surface area (Å²) in [6, 6.07) is 5.23. The maximum Gasteiger partial charge on any atom is 0.251 e. The molecule has 1 aliphatic rings. The average molecular weight is 389 g/mol. The van der Waals surface area contributed by atoms with Crippen LogP contribution < -0.4 is 20.5 Å². The van der Waals surface area contributed by atoms with Crippen molar-refractivity contribution < 1.29 is 19.1 Å². The Kier molecular flexibility index (Phi) is 5.67. The summed E-state index contributed by atoms with van der Waals surface area (Å²) < 4.78 is 10.8. The van der Waals surface area contributed by atoms with Gasteiger partial charge in [-0.2, -0.15) is 0 Å². The van der Waals surface area contributed by atoms with Crippen LogP contribution in [-0.4, -0.2) is 43.5 Å². The number of fused-ring (bicyclic) bond motifs is 1. The van der Waals surface area contributed by atoms with Gasteiger partial charge < -0.3 is 20.5 Å². The lowest BCUT2D eigenvalue weighted by Crippen LogP contribution is -2.44. The molecule has 1 aromatic carbocycles. The van der Waals surface area contributed by atoms with Gasteiger partial charge >= 0.3 is 0 Å². The molecule has 1 unspecified atom stereocenters. The maximum absolute atomic E-state index is 12.7. The number of amides is 2. The van der Waals surface area contributed by atoms with Crippen LogP contribution in [0.1, 0.15) is 28.4 Å². The third kappa shape index (κ3) is 3.91. The van der Waals surface area contributed by atoms with Crippen molar-refractivity contribution in [3.8, 4) is 11.5 Å². The fourth-order valence-corrected chi connectivity index (χ4v) is 4.01. The third-order valence-electron chi connectivity index (χ3n) is 4.84. The summed E-state index contributed by atoms with van der Waals surface area (Å²) in [6.45, 7) is 3.25. The molecule has 27 heavy (non-hydrogen) atoms. The van der Waals surface area contributed by atoms with Crippen LogP contribution in [0.15, 0.2) is 23.6 Å². The largest absolute Gasteiger partial charge is 0.493 e. The molecule has 0 bridgehead atoms. The van der Waals surface area contributed by atoms with E-state index in [4.69, 9.17) is 15.2 Å². The highest BCUT2D eigenvalue weighted by Crippen LogP contribution is 2.33. The second-order valence-electron chi connectivity index (χ2n) is 6.39. The molecule has 0 saturated carbocycles. The molecule has 0 radical (unpaired) electrons. The average Bonchev–Trinajstić information content (AvgIpc) is 3.14. The zero-order chi connectivity index (χ0) is 19.6. The minimum absolute atomic E-state index is 0.163. The van der Waals surface area contributed by atoms with E-state index < -0.39 is 5.91 Å². The Labute approximate surface area is 162 Å². The lowest BCUT2D eigenvalue weighted by atomic mass is 9.97. The predicted molar refractivity (Wildman–Crippen MR) is 105 cm³/mol. The Morgan fingerprint density at radius 2 is 1.89 bits per heavy atom. The van der Waals surface area contributed by atoms with E-state index in [0.717, 1.165) is 18.5 Å². The number of ether oxygens (including phenoxy) is 2. The minimum Gasteiger partial charge on any atom is -0.493 e. The normalized spacial score (nSPS) is 14.9. The van der Waals surface area contributed by atoms with E-state index >= 15 is 0 Å². The molecule has 144 valence electrons. The van der Waals surface area contributed by atoms with Crippen LogP contribution in [0.4, 0.5) is 5.00 Å². The number of hydrogen-bond acceptors (Lipinski definition) is 6. The van der Waals surface area contributed by atoms with Crippen molar-refractivity contribution >= 4 is 28.2 Å². The van der Waals surface area contributed by atoms with Gasteiger partial charge in [-0.15, -0.1) is 11.3 Å². The summed E-state index contributed by atoms with van der Waals surface area (Å²) in [4.78, 5) is 26.2. The number of primary amides is 1. The molecule has 0 saturated heterocycles. The summed E-state index contributed by atoms with van der Waals surface area (Å²) in [5.74, 6) is 0.683. The number of benzene rings is 1. The Morgan fingerprint density at radius 1 is 1.22 bits per heavy atom. The van der Waals surface area contributed by atoms with Crippen LogP contribution in [0, 0.1) is 0 Å². The van der Waals surface area contributed by atoms with Crippen LogP contribution in [0.25, 0.3) is 0 Å². The van der Waals surface area contributed by atoms with Crippen molar-refractivity contribution in [2.24, 2.45) is 5.73 Å². The molecule has 0 aliphatic carbocycles. The molecular formula is C19H23N3O4S. The van der Waals surface area contributed by atoms with Crippen molar-refractivity contribution in [3.63, 3.8) is 0 Å². The van der Waals surface area contributed by atoms with E-state index in [1.54, 1.807) is 25.7 Å². The molecule has 1 aliphatic heterocycles. The van der Waals surface area contributed by atoms with E-state index in [2.05, 4.69) is 10.2 Å². The summed E-state index contributed by atoms with van der Waals surface area (Å²) in [6.07, 6.45) is 0.818. The number of nitrogens with one attached hydrogen (secondary N) is 1. The molecule has 7 nitrogen and oxygen atoms in total. The molecule has 1 aromatic heterocycles. The van der Waals surface area contributed by atoms with Crippen molar-refractivity contribution in [3.05, 3.63) is 40.3 Å². The Bertz CT molecular complexity index is 865. The maximum atomic E-state index is 12.7. The third-order valence-corrected chi connectivity index (χ3v) is 5.67. The number of anilines is 1. The van der Waals surface area contributed by atoms with Crippen LogP contribution >= 0.6 is 11.3 Å². The number of rotatable bonds is 6. The van der Waals surface area contributed by atoms with Gasteiger partial charge in [0.25, 0.3) is 5.91 Å². The molecule has 3 rings (SSSR count). The van der Waals surface area contributed by atoms with E-state index in [9.17, 15) is 9.59 Å². The number of hydrogen-bond donors (Lipinski definition) is 2.